The summed E-state index contributed by atoms with van der Waals surface area (Å²) in [5.74, 6) is 1.92. The molecule has 3 nitrogen and oxygen atoms in total. The fraction of sp³-hybridized carbons (Fsp3) is 1.00. The molecule has 2 unspecified atom stereocenters. The lowest BCUT2D eigenvalue weighted by Gasteiger charge is -2.37. The second-order valence-corrected chi connectivity index (χ2v) is 5.53. The highest BCUT2D eigenvalue weighted by atomic mass is 16.5. The Labute approximate surface area is 105 Å². The van der Waals surface area contributed by atoms with E-state index in [1.807, 2.05) is 0 Å². The first-order valence-electron chi connectivity index (χ1n) is 7.20. The Morgan fingerprint density at radius 3 is 2.47 bits per heavy atom. The molecule has 0 radical (unpaired) electrons. The van der Waals surface area contributed by atoms with E-state index < -0.39 is 0 Å². The predicted molar refractivity (Wildman–Crippen MR) is 69.2 cm³/mol. The molecule has 2 atom stereocenters. The topological polar surface area (TPSA) is 30.5 Å². The molecule has 2 aliphatic rings. The van der Waals surface area contributed by atoms with Crippen molar-refractivity contribution in [1.82, 2.24) is 5.32 Å². The zero-order valence-corrected chi connectivity index (χ0v) is 11.1. The highest BCUT2D eigenvalue weighted by Gasteiger charge is 2.31. The first-order chi connectivity index (χ1) is 8.40. The van der Waals surface area contributed by atoms with Crippen molar-refractivity contribution in [2.24, 2.45) is 11.8 Å². The molecule has 0 amide bonds. The lowest BCUT2D eigenvalue weighted by atomic mass is 9.71. The molecule has 100 valence electrons. The lowest BCUT2D eigenvalue weighted by Crippen LogP contribution is -2.36. The quantitative estimate of drug-likeness (QED) is 0.595. The van der Waals surface area contributed by atoms with E-state index in [0.717, 1.165) is 37.7 Å². The third kappa shape index (κ3) is 4.94. The first-order valence-corrected chi connectivity index (χ1v) is 7.20. The maximum absolute atomic E-state index is 5.50. The van der Waals surface area contributed by atoms with Gasteiger partial charge >= 0.3 is 0 Å². The van der Waals surface area contributed by atoms with Crippen LogP contribution in [-0.2, 0) is 9.47 Å². The summed E-state index contributed by atoms with van der Waals surface area (Å²) in [5.41, 5.74) is 0. The molecule has 2 saturated carbocycles. The molecule has 0 aromatic heterocycles. The maximum atomic E-state index is 5.50. The van der Waals surface area contributed by atoms with Gasteiger partial charge in [0.1, 0.15) is 0 Å². The normalized spacial score (nSPS) is 28.1. The Balaban J connectivity index is 1.42. The van der Waals surface area contributed by atoms with Crippen LogP contribution in [0, 0.1) is 11.8 Å². The van der Waals surface area contributed by atoms with Crippen LogP contribution in [0.15, 0.2) is 0 Å². The van der Waals surface area contributed by atoms with E-state index in [0.29, 0.717) is 0 Å². The minimum absolute atomic E-state index is 0.720. The predicted octanol–water partition coefficient (Wildman–Crippen LogP) is 2.21. The maximum Gasteiger partial charge on any atom is 0.0700 e. The van der Waals surface area contributed by atoms with Crippen LogP contribution < -0.4 is 5.32 Å². The molecule has 1 N–H and O–H groups in total. The molecule has 0 aromatic carbocycles. The summed E-state index contributed by atoms with van der Waals surface area (Å²) in [5, 5.41) is 3.66. The SMILES string of the molecule is COCCOCCCC1CCC1CNC1CC1. The monoisotopic (exact) mass is 241 g/mol. The van der Waals surface area contributed by atoms with E-state index in [1.54, 1.807) is 7.11 Å². The van der Waals surface area contributed by atoms with Gasteiger partial charge in [-0.15, -0.1) is 0 Å². The largest absolute Gasteiger partial charge is 0.382 e. The van der Waals surface area contributed by atoms with Crippen molar-refractivity contribution in [2.75, 3.05) is 33.5 Å². The van der Waals surface area contributed by atoms with Crippen LogP contribution in [0.2, 0.25) is 0 Å². The number of methoxy groups -OCH3 is 1. The molecule has 0 spiro atoms. The van der Waals surface area contributed by atoms with Gasteiger partial charge in [-0.05, 0) is 56.9 Å². The Morgan fingerprint density at radius 1 is 1.00 bits per heavy atom. The van der Waals surface area contributed by atoms with Gasteiger partial charge in [0.05, 0.1) is 13.2 Å². The summed E-state index contributed by atoms with van der Waals surface area (Å²) in [4.78, 5) is 0. The van der Waals surface area contributed by atoms with Gasteiger partial charge in [0.25, 0.3) is 0 Å². The molecule has 2 fully saturated rings. The first kappa shape index (κ1) is 13.3. The number of hydrogen-bond donors (Lipinski definition) is 1. The van der Waals surface area contributed by atoms with Gasteiger partial charge in [-0.1, -0.05) is 0 Å². The minimum atomic E-state index is 0.720. The van der Waals surface area contributed by atoms with Crippen molar-refractivity contribution in [2.45, 2.75) is 44.6 Å². The highest BCUT2D eigenvalue weighted by molar-refractivity contribution is 4.87. The summed E-state index contributed by atoms with van der Waals surface area (Å²) in [7, 11) is 1.72. The molecule has 2 aliphatic carbocycles. The molecule has 0 aliphatic heterocycles. The number of ether oxygens (including phenoxy) is 2. The second-order valence-electron chi connectivity index (χ2n) is 5.53. The Morgan fingerprint density at radius 2 is 1.82 bits per heavy atom. The smallest absolute Gasteiger partial charge is 0.0700 e. The van der Waals surface area contributed by atoms with Gasteiger partial charge in [0.15, 0.2) is 0 Å². The molecule has 0 aromatic rings. The van der Waals surface area contributed by atoms with E-state index in [-0.39, 0.29) is 0 Å². The third-order valence-electron chi connectivity index (χ3n) is 4.12. The molecule has 17 heavy (non-hydrogen) atoms. The third-order valence-corrected chi connectivity index (χ3v) is 4.12. The van der Waals surface area contributed by atoms with Crippen LogP contribution in [0.4, 0.5) is 0 Å². The Bertz CT molecular complexity index is 206. The van der Waals surface area contributed by atoms with Crippen LogP contribution in [0.3, 0.4) is 0 Å². The molecule has 2 rings (SSSR count). The summed E-state index contributed by atoms with van der Waals surface area (Å²) in [6, 6.07) is 0.869. The molecule has 0 saturated heterocycles. The summed E-state index contributed by atoms with van der Waals surface area (Å²) < 4.78 is 10.4. The average molecular weight is 241 g/mol. The summed E-state index contributed by atoms with van der Waals surface area (Å²) in [6.07, 6.45) is 8.26. The average Bonchev–Trinajstić information content (AvgIpc) is 3.10. The molecular formula is C14H27NO2. The van der Waals surface area contributed by atoms with Crippen molar-refractivity contribution in [3.05, 3.63) is 0 Å². The zero-order valence-electron chi connectivity index (χ0n) is 11.1. The van der Waals surface area contributed by atoms with Crippen molar-refractivity contribution >= 4 is 0 Å². The Kier molecular flexibility index (Phi) is 5.75. The standard InChI is InChI=1S/C14H27NO2/c1-16-9-10-17-8-2-3-12-4-5-13(12)11-15-14-6-7-14/h12-15H,2-11H2,1H3. The van der Waals surface area contributed by atoms with Gasteiger partial charge in [0, 0.05) is 19.8 Å². The fourth-order valence-electron chi connectivity index (χ4n) is 2.58. The fourth-order valence-corrected chi connectivity index (χ4v) is 2.58. The molecular weight excluding hydrogens is 214 g/mol. The zero-order chi connectivity index (χ0) is 11.9. The minimum Gasteiger partial charge on any atom is -0.382 e. The second kappa shape index (κ2) is 7.34. The van der Waals surface area contributed by atoms with E-state index in [4.69, 9.17) is 9.47 Å². The molecule has 0 heterocycles. The summed E-state index contributed by atoms with van der Waals surface area (Å²) in [6.45, 7) is 3.63. The molecule has 0 bridgehead atoms. The Hall–Kier alpha value is -0.120. The summed E-state index contributed by atoms with van der Waals surface area (Å²) >= 11 is 0. The van der Waals surface area contributed by atoms with Gasteiger partial charge < -0.3 is 14.8 Å². The van der Waals surface area contributed by atoms with Gasteiger partial charge in [-0.25, -0.2) is 0 Å². The molecule has 3 heteroatoms. The van der Waals surface area contributed by atoms with Crippen LogP contribution in [0.5, 0.6) is 0 Å². The number of nitrogens with one attached hydrogen (secondary N) is 1. The highest BCUT2D eigenvalue weighted by Crippen LogP contribution is 2.37. The van der Waals surface area contributed by atoms with Crippen molar-refractivity contribution in [1.29, 1.82) is 0 Å². The van der Waals surface area contributed by atoms with E-state index in [2.05, 4.69) is 5.32 Å². The van der Waals surface area contributed by atoms with Crippen LogP contribution >= 0.6 is 0 Å². The van der Waals surface area contributed by atoms with E-state index in [1.165, 1.54) is 45.1 Å². The van der Waals surface area contributed by atoms with E-state index in [9.17, 15) is 0 Å². The van der Waals surface area contributed by atoms with Crippen molar-refractivity contribution in [3.8, 4) is 0 Å². The number of hydrogen-bond acceptors (Lipinski definition) is 3. The van der Waals surface area contributed by atoms with Gasteiger partial charge in [-0.2, -0.15) is 0 Å². The van der Waals surface area contributed by atoms with Crippen LogP contribution in [-0.4, -0.2) is 39.5 Å². The van der Waals surface area contributed by atoms with E-state index >= 15 is 0 Å². The van der Waals surface area contributed by atoms with Gasteiger partial charge in [-0.3, -0.25) is 0 Å². The van der Waals surface area contributed by atoms with Gasteiger partial charge in [0.2, 0.25) is 0 Å². The lowest BCUT2D eigenvalue weighted by molar-refractivity contribution is 0.0610. The van der Waals surface area contributed by atoms with Crippen LogP contribution in [0.25, 0.3) is 0 Å². The van der Waals surface area contributed by atoms with Crippen molar-refractivity contribution in [3.63, 3.8) is 0 Å². The van der Waals surface area contributed by atoms with Crippen LogP contribution in [0.1, 0.15) is 38.5 Å². The number of rotatable bonds is 10. The van der Waals surface area contributed by atoms with Crippen molar-refractivity contribution < 1.29 is 9.47 Å².